The van der Waals surface area contributed by atoms with Gasteiger partial charge < -0.3 is 10.4 Å². The van der Waals surface area contributed by atoms with Crippen molar-refractivity contribution in [1.29, 1.82) is 0 Å². The zero-order valence-electron chi connectivity index (χ0n) is 9.31. The Morgan fingerprint density at radius 1 is 1.56 bits per heavy atom. The van der Waals surface area contributed by atoms with Gasteiger partial charge in [0.1, 0.15) is 0 Å². The van der Waals surface area contributed by atoms with Crippen molar-refractivity contribution < 1.29 is 9.90 Å². The average Bonchev–Trinajstić information content (AvgIpc) is 2.23. The third-order valence-electron chi connectivity index (χ3n) is 3.50. The number of aliphatic carboxylic acids is 1. The first-order valence-electron chi connectivity index (χ1n) is 5.52. The van der Waals surface area contributed by atoms with Crippen LogP contribution in [-0.2, 0) is 4.79 Å². The van der Waals surface area contributed by atoms with Gasteiger partial charge in [-0.15, -0.1) is 0 Å². The minimum Gasteiger partial charge on any atom is -0.481 e. The topological polar surface area (TPSA) is 62.2 Å². The van der Waals surface area contributed by atoms with E-state index in [-0.39, 0.29) is 6.04 Å². The third-order valence-corrected chi connectivity index (χ3v) is 3.50. The number of pyridine rings is 1. The SMILES string of the molecule is CNC(c1ccccn1)C1(C(=O)O)CCC1. The molecular weight excluding hydrogens is 204 g/mol. The summed E-state index contributed by atoms with van der Waals surface area (Å²) >= 11 is 0. The van der Waals surface area contributed by atoms with Crippen LogP contribution < -0.4 is 5.32 Å². The monoisotopic (exact) mass is 220 g/mol. The van der Waals surface area contributed by atoms with E-state index in [1.807, 2.05) is 18.2 Å². The third kappa shape index (κ3) is 1.59. The molecule has 0 saturated heterocycles. The predicted molar refractivity (Wildman–Crippen MR) is 60.0 cm³/mol. The van der Waals surface area contributed by atoms with Crippen molar-refractivity contribution in [3.05, 3.63) is 30.1 Å². The van der Waals surface area contributed by atoms with Crippen molar-refractivity contribution in [3.63, 3.8) is 0 Å². The molecule has 0 spiro atoms. The van der Waals surface area contributed by atoms with Crippen LogP contribution in [0.25, 0.3) is 0 Å². The molecule has 1 aliphatic carbocycles. The maximum absolute atomic E-state index is 11.4. The molecule has 1 atom stereocenters. The van der Waals surface area contributed by atoms with Crippen molar-refractivity contribution in [3.8, 4) is 0 Å². The van der Waals surface area contributed by atoms with Gasteiger partial charge in [0.2, 0.25) is 0 Å². The fraction of sp³-hybridized carbons (Fsp3) is 0.500. The van der Waals surface area contributed by atoms with Crippen LogP contribution in [0.2, 0.25) is 0 Å². The molecule has 0 amide bonds. The molecule has 0 bridgehead atoms. The molecule has 1 aromatic heterocycles. The van der Waals surface area contributed by atoms with E-state index in [1.54, 1.807) is 13.2 Å². The number of carbonyl (C=O) groups is 1. The molecule has 0 aromatic carbocycles. The number of hydrogen-bond acceptors (Lipinski definition) is 3. The van der Waals surface area contributed by atoms with Gasteiger partial charge in [0.05, 0.1) is 17.2 Å². The lowest BCUT2D eigenvalue weighted by Gasteiger charge is -2.43. The molecule has 2 N–H and O–H groups in total. The van der Waals surface area contributed by atoms with Crippen molar-refractivity contribution in [1.82, 2.24) is 10.3 Å². The van der Waals surface area contributed by atoms with Gasteiger partial charge in [-0.3, -0.25) is 9.78 Å². The summed E-state index contributed by atoms with van der Waals surface area (Å²) in [6.07, 6.45) is 4.14. The molecule has 4 nitrogen and oxygen atoms in total. The van der Waals surface area contributed by atoms with E-state index in [9.17, 15) is 9.90 Å². The predicted octanol–water partition coefficient (Wildman–Crippen LogP) is 1.60. The van der Waals surface area contributed by atoms with Gasteiger partial charge in [0, 0.05) is 6.20 Å². The molecule has 1 saturated carbocycles. The number of rotatable bonds is 4. The van der Waals surface area contributed by atoms with E-state index in [1.165, 1.54) is 0 Å². The summed E-state index contributed by atoms with van der Waals surface area (Å²) in [7, 11) is 1.79. The Hall–Kier alpha value is -1.42. The van der Waals surface area contributed by atoms with Gasteiger partial charge in [0.25, 0.3) is 0 Å². The standard InChI is InChI=1S/C12H16N2O2/c1-13-10(9-5-2-3-8-14-9)12(11(15)16)6-4-7-12/h2-3,5,8,10,13H,4,6-7H2,1H3,(H,15,16). The highest BCUT2D eigenvalue weighted by Crippen LogP contribution is 2.49. The number of nitrogens with zero attached hydrogens (tertiary/aromatic N) is 1. The molecule has 1 aromatic rings. The average molecular weight is 220 g/mol. The Balaban J connectivity index is 2.32. The van der Waals surface area contributed by atoms with E-state index in [0.29, 0.717) is 0 Å². The number of aromatic nitrogens is 1. The van der Waals surface area contributed by atoms with Crippen molar-refractivity contribution in [2.45, 2.75) is 25.3 Å². The van der Waals surface area contributed by atoms with Crippen molar-refractivity contribution >= 4 is 5.97 Å². The molecule has 1 unspecified atom stereocenters. The minimum atomic E-state index is -0.719. The molecule has 86 valence electrons. The fourth-order valence-electron chi connectivity index (χ4n) is 2.44. The van der Waals surface area contributed by atoms with Crippen LogP contribution in [0, 0.1) is 5.41 Å². The Labute approximate surface area is 94.7 Å². The van der Waals surface area contributed by atoms with E-state index in [2.05, 4.69) is 10.3 Å². The summed E-state index contributed by atoms with van der Waals surface area (Å²) in [6, 6.07) is 5.41. The van der Waals surface area contributed by atoms with Gasteiger partial charge >= 0.3 is 5.97 Å². The lowest BCUT2D eigenvalue weighted by Crippen LogP contribution is -2.48. The Morgan fingerprint density at radius 3 is 2.69 bits per heavy atom. The number of nitrogens with one attached hydrogen (secondary N) is 1. The zero-order valence-corrected chi connectivity index (χ0v) is 9.31. The molecule has 1 aliphatic rings. The quantitative estimate of drug-likeness (QED) is 0.809. The number of hydrogen-bond donors (Lipinski definition) is 2. The first-order chi connectivity index (χ1) is 7.70. The smallest absolute Gasteiger partial charge is 0.311 e. The highest BCUT2D eigenvalue weighted by Gasteiger charge is 2.51. The Kier molecular flexibility index (Phi) is 2.92. The molecule has 2 rings (SSSR count). The lowest BCUT2D eigenvalue weighted by atomic mass is 9.63. The minimum absolute atomic E-state index is 0.194. The van der Waals surface area contributed by atoms with Crippen LogP contribution in [0.1, 0.15) is 31.0 Å². The van der Waals surface area contributed by atoms with Gasteiger partial charge in [-0.2, -0.15) is 0 Å². The summed E-state index contributed by atoms with van der Waals surface area (Å²) < 4.78 is 0. The molecule has 1 heterocycles. The molecule has 0 aliphatic heterocycles. The largest absolute Gasteiger partial charge is 0.481 e. The maximum atomic E-state index is 11.4. The van der Waals surface area contributed by atoms with E-state index < -0.39 is 11.4 Å². The van der Waals surface area contributed by atoms with E-state index in [0.717, 1.165) is 25.0 Å². The fourth-order valence-corrected chi connectivity index (χ4v) is 2.44. The molecule has 0 radical (unpaired) electrons. The van der Waals surface area contributed by atoms with Crippen molar-refractivity contribution in [2.24, 2.45) is 5.41 Å². The molecular formula is C12H16N2O2. The van der Waals surface area contributed by atoms with Crippen LogP contribution in [0.3, 0.4) is 0 Å². The normalized spacial score (nSPS) is 19.8. The highest BCUT2D eigenvalue weighted by molar-refractivity contribution is 5.77. The van der Waals surface area contributed by atoms with Crippen LogP contribution >= 0.6 is 0 Å². The number of carboxylic acid groups (broad SMARTS) is 1. The first-order valence-corrected chi connectivity index (χ1v) is 5.52. The lowest BCUT2D eigenvalue weighted by molar-refractivity contribution is -0.157. The maximum Gasteiger partial charge on any atom is 0.311 e. The highest BCUT2D eigenvalue weighted by atomic mass is 16.4. The summed E-state index contributed by atoms with van der Waals surface area (Å²) in [5, 5.41) is 12.5. The van der Waals surface area contributed by atoms with Crippen LogP contribution in [0.4, 0.5) is 0 Å². The van der Waals surface area contributed by atoms with Crippen LogP contribution in [0.15, 0.2) is 24.4 Å². The Morgan fingerprint density at radius 2 is 2.31 bits per heavy atom. The molecule has 1 fully saturated rings. The van der Waals surface area contributed by atoms with Gasteiger partial charge in [-0.25, -0.2) is 0 Å². The summed E-state index contributed by atoms with van der Waals surface area (Å²) in [5.74, 6) is -0.719. The first kappa shape index (κ1) is 11.1. The van der Waals surface area contributed by atoms with Gasteiger partial charge in [0.15, 0.2) is 0 Å². The molecule has 16 heavy (non-hydrogen) atoms. The van der Waals surface area contributed by atoms with Crippen molar-refractivity contribution in [2.75, 3.05) is 7.05 Å². The second kappa shape index (κ2) is 4.22. The summed E-state index contributed by atoms with van der Waals surface area (Å²) in [4.78, 5) is 15.7. The molecule has 4 heteroatoms. The second-order valence-corrected chi connectivity index (χ2v) is 4.29. The van der Waals surface area contributed by atoms with Crippen LogP contribution in [0.5, 0.6) is 0 Å². The van der Waals surface area contributed by atoms with E-state index in [4.69, 9.17) is 0 Å². The van der Waals surface area contributed by atoms with Gasteiger partial charge in [-0.1, -0.05) is 12.5 Å². The zero-order chi connectivity index (χ0) is 11.6. The van der Waals surface area contributed by atoms with Crippen LogP contribution in [-0.4, -0.2) is 23.1 Å². The summed E-state index contributed by atoms with van der Waals surface area (Å²) in [6.45, 7) is 0. The van der Waals surface area contributed by atoms with Gasteiger partial charge in [-0.05, 0) is 32.0 Å². The number of carboxylic acids is 1. The summed E-state index contributed by atoms with van der Waals surface area (Å²) in [5.41, 5.74) is 0.149. The Bertz CT molecular complexity index is 374. The second-order valence-electron chi connectivity index (χ2n) is 4.29. The van der Waals surface area contributed by atoms with E-state index >= 15 is 0 Å².